The van der Waals surface area contributed by atoms with Crippen LogP contribution in [0.15, 0.2) is 102 Å². The first-order valence-electron chi connectivity index (χ1n) is 13.4. The Bertz CT molecular complexity index is 1810. The quantitative estimate of drug-likeness (QED) is 0.201. The monoisotopic (exact) mass is 612 g/mol. The van der Waals surface area contributed by atoms with E-state index in [1.807, 2.05) is 0 Å². The van der Waals surface area contributed by atoms with Crippen LogP contribution >= 0.6 is 11.3 Å². The van der Waals surface area contributed by atoms with Crippen LogP contribution in [0.1, 0.15) is 37.3 Å². The van der Waals surface area contributed by atoms with Crippen LogP contribution in [0.5, 0.6) is 0 Å². The van der Waals surface area contributed by atoms with Crippen molar-refractivity contribution in [2.45, 2.75) is 24.5 Å². The highest BCUT2D eigenvalue weighted by atomic mass is 32.1. The minimum absolute atomic E-state index is 0.0760. The molecular weight excluding hydrogens is 588 g/mol. The number of nitrogens with two attached hydrogens (primary N) is 1. The second-order valence-corrected chi connectivity index (χ2v) is 10.6. The van der Waals surface area contributed by atoms with E-state index in [1.54, 1.807) is 91.0 Å². The van der Waals surface area contributed by atoms with Gasteiger partial charge in [-0.25, -0.2) is 19.4 Å². The van der Waals surface area contributed by atoms with Crippen molar-refractivity contribution < 1.29 is 33.3 Å². The number of carbonyl (C=O) groups excluding carboxylic acids is 3. The van der Waals surface area contributed by atoms with Gasteiger partial charge in [-0.15, -0.1) is 0 Å². The van der Waals surface area contributed by atoms with E-state index in [0.29, 0.717) is 10.4 Å². The van der Waals surface area contributed by atoms with E-state index in [1.165, 1.54) is 10.9 Å². The molecule has 12 nitrogen and oxygen atoms in total. The summed E-state index contributed by atoms with van der Waals surface area (Å²) in [7, 11) is 0. The van der Waals surface area contributed by atoms with Crippen LogP contribution in [0.4, 0.5) is 5.82 Å². The van der Waals surface area contributed by atoms with Crippen molar-refractivity contribution >= 4 is 35.1 Å². The molecule has 4 atom stereocenters. The first-order valence-corrected chi connectivity index (χ1v) is 14.2. The zero-order chi connectivity index (χ0) is 30.6. The molecular formula is C31H24N4O8S. The lowest BCUT2D eigenvalue weighted by Gasteiger charge is -2.26. The van der Waals surface area contributed by atoms with Gasteiger partial charge in [-0.1, -0.05) is 65.9 Å². The highest BCUT2D eigenvalue weighted by Crippen LogP contribution is 2.39. The molecule has 2 N–H and O–H groups in total. The van der Waals surface area contributed by atoms with E-state index in [4.69, 9.17) is 24.7 Å². The Labute approximate surface area is 254 Å². The normalized spacial score (nSPS) is 19.4. The second kappa shape index (κ2) is 12.5. The zero-order valence-electron chi connectivity index (χ0n) is 22.8. The first kappa shape index (κ1) is 28.7. The van der Waals surface area contributed by atoms with Gasteiger partial charge < -0.3 is 24.7 Å². The Morgan fingerprint density at radius 1 is 0.795 bits per heavy atom. The van der Waals surface area contributed by atoms with Crippen LogP contribution in [0.3, 0.4) is 0 Å². The van der Waals surface area contributed by atoms with Gasteiger partial charge in [0.1, 0.15) is 29.7 Å². The summed E-state index contributed by atoms with van der Waals surface area (Å²) in [5.74, 6) is -1.88. The molecule has 0 spiro atoms. The molecule has 222 valence electrons. The Morgan fingerprint density at radius 3 is 1.89 bits per heavy atom. The lowest BCUT2D eigenvalue weighted by atomic mass is 10.1. The molecule has 0 aliphatic carbocycles. The number of carbonyl (C=O) groups is 3. The van der Waals surface area contributed by atoms with Crippen LogP contribution in [0.25, 0.3) is 10.7 Å². The lowest BCUT2D eigenvalue weighted by Crippen LogP contribution is -2.41. The molecule has 0 bridgehead atoms. The molecule has 13 heteroatoms. The molecule has 3 aromatic rings. The van der Waals surface area contributed by atoms with Gasteiger partial charge in [-0.05, 0) is 36.4 Å². The number of anilines is 1. The number of thiazole rings is 1. The summed E-state index contributed by atoms with van der Waals surface area (Å²) in [6, 6.07) is 24.8. The van der Waals surface area contributed by atoms with Gasteiger partial charge in [-0.2, -0.15) is 4.98 Å². The Morgan fingerprint density at radius 2 is 1.32 bits per heavy atom. The minimum Gasteiger partial charge on any atom is -0.459 e. The number of hydrogen-bond acceptors (Lipinski definition) is 12. The van der Waals surface area contributed by atoms with Crippen LogP contribution in [0.2, 0.25) is 0 Å². The van der Waals surface area contributed by atoms with Gasteiger partial charge in [0.25, 0.3) is 0 Å². The molecule has 44 heavy (non-hydrogen) atoms. The van der Waals surface area contributed by atoms with Gasteiger partial charge in [-0.3, -0.25) is 9.36 Å². The number of nitrogen functional groups attached to an aromatic ring is 1. The summed E-state index contributed by atoms with van der Waals surface area (Å²) in [6.07, 6.45) is -3.60. The van der Waals surface area contributed by atoms with Gasteiger partial charge >= 0.3 is 22.8 Å². The summed E-state index contributed by atoms with van der Waals surface area (Å²) in [6.45, 7) is -0.369. The van der Waals surface area contributed by atoms with E-state index < -0.39 is 47.3 Å². The van der Waals surface area contributed by atoms with Crippen molar-refractivity contribution in [2.75, 3.05) is 12.3 Å². The van der Waals surface area contributed by atoms with E-state index in [-0.39, 0.29) is 29.4 Å². The topological polar surface area (TPSA) is 162 Å². The van der Waals surface area contributed by atoms with Gasteiger partial charge in [0.05, 0.1) is 16.7 Å². The molecule has 3 aliphatic heterocycles. The maximum atomic E-state index is 13.3. The molecule has 3 heterocycles. The average molecular weight is 613 g/mol. The van der Waals surface area contributed by atoms with Crippen LogP contribution in [-0.2, 0) is 18.9 Å². The molecule has 0 unspecified atom stereocenters. The Kier molecular flexibility index (Phi) is 8.12. The fraction of sp³-hybridized carbons (Fsp3) is 0.161. The van der Waals surface area contributed by atoms with Crippen molar-refractivity contribution in [3.63, 3.8) is 0 Å². The zero-order valence-corrected chi connectivity index (χ0v) is 23.7. The van der Waals surface area contributed by atoms with Gasteiger partial charge in [0.15, 0.2) is 24.3 Å². The van der Waals surface area contributed by atoms with Crippen molar-refractivity contribution in [3.05, 3.63) is 124 Å². The summed E-state index contributed by atoms with van der Waals surface area (Å²) in [5, 5.41) is 0. The third-order valence-corrected chi connectivity index (χ3v) is 7.70. The summed E-state index contributed by atoms with van der Waals surface area (Å²) in [4.78, 5) is 59.7. The summed E-state index contributed by atoms with van der Waals surface area (Å²) in [5.41, 5.74) is 6.78. The molecule has 3 aromatic carbocycles. The molecule has 1 saturated heterocycles. The molecule has 0 amide bonds. The van der Waals surface area contributed by atoms with E-state index in [2.05, 4.69) is 9.97 Å². The number of benzene rings is 3. The number of aromatic nitrogens is 3. The van der Waals surface area contributed by atoms with Crippen LogP contribution < -0.4 is 10.6 Å². The summed E-state index contributed by atoms with van der Waals surface area (Å²) >= 11 is 0.792. The fourth-order valence-corrected chi connectivity index (χ4v) is 5.45. The van der Waals surface area contributed by atoms with Crippen molar-refractivity contribution in [1.29, 1.82) is 0 Å². The van der Waals surface area contributed by atoms with Crippen molar-refractivity contribution in [3.8, 4) is 10.7 Å². The maximum absolute atomic E-state index is 13.3. The number of hydrogen-bond donors (Lipinski definition) is 1. The minimum atomic E-state index is -1.30. The number of fused-ring (bicyclic) bond motifs is 1. The first-order chi connectivity index (χ1) is 21.4. The Balaban J connectivity index is 1.39. The van der Waals surface area contributed by atoms with Crippen molar-refractivity contribution in [2.24, 2.45) is 0 Å². The largest absolute Gasteiger partial charge is 0.459 e. The molecule has 0 radical (unpaired) electrons. The van der Waals surface area contributed by atoms with Crippen molar-refractivity contribution in [1.82, 2.24) is 14.5 Å². The molecule has 6 rings (SSSR count). The van der Waals surface area contributed by atoms with Crippen LogP contribution in [0, 0.1) is 0 Å². The van der Waals surface area contributed by atoms with Gasteiger partial charge in [0.2, 0.25) is 0 Å². The summed E-state index contributed by atoms with van der Waals surface area (Å²) < 4.78 is 25.1. The Hall–Kier alpha value is -5.40. The third kappa shape index (κ3) is 5.91. The standard InChI is InChI=1S/C31H24N4O8S/c32-25-24-26(34-31(39)44-24)35(17-33-25)27-23(43-30(38)20-14-8-3-9-15-20)22(42-29(37)19-12-6-2-7-13-19)21(41-27)16-40-28(36)18-10-4-1-5-11-18/h1-15,17,21-23,27H,16,32H2/t21-,22-,23-,27-/m1/s1. The lowest BCUT2D eigenvalue weighted by molar-refractivity contribution is -0.0621. The highest BCUT2D eigenvalue weighted by molar-refractivity contribution is 7.13. The number of rotatable bonds is 8. The number of esters is 3. The SMILES string of the molecule is Nc1ncn([C@@H]2O[C@H](COC(=O)c3ccccc3)[C@@H](OC(=O)c3ccccc3)[C@H]2OC(=O)c2ccccc2)c2nc(=O)sc1-2. The van der Waals surface area contributed by atoms with Crippen LogP contribution in [-0.4, -0.2) is 57.4 Å². The highest BCUT2D eigenvalue weighted by Gasteiger charge is 2.52. The third-order valence-electron chi connectivity index (χ3n) is 6.84. The molecule has 0 aromatic heterocycles. The predicted octanol–water partition coefficient (Wildman–Crippen LogP) is 3.59. The van der Waals surface area contributed by atoms with Gasteiger partial charge in [0, 0.05) is 0 Å². The molecule has 1 fully saturated rings. The number of ether oxygens (including phenoxy) is 4. The number of nitrogens with zero attached hydrogens (tertiary/aromatic N) is 3. The average Bonchev–Trinajstić information content (AvgIpc) is 3.61. The molecule has 0 saturated carbocycles. The predicted molar refractivity (Wildman–Crippen MR) is 157 cm³/mol. The smallest absolute Gasteiger partial charge is 0.338 e. The van der Waals surface area contributed by atoms with E-state index >= 15 is 0 Å². The molecule has 3 aliphatic rings. The van der Waals surface area contributed by atoms with E-state index in [9.17, 15) is 19.2 Å². The second-order valence-electron chi connectivity index (χ2n) is 9.67. The maximum Gasteiger partial charge on any atom is 0.338 e. The van der Waals surface area contributed by atoms with E-state index in [0.717, 1.165) is 11.3 Å². The fourth-order valence-electron chi connectivity index (χ4n) is 4.74.